The highest BCUT2D eigenvalue weighted by atomic mass is 19.1. The molecule has 2 aromatic carbocycles. The lowest BCUT2D eigenvalue weighted by Crippen LogP contribution is -2.54. The number of aromatic hydroxyl groups is 1. The molecule has 4 rings (SSSR count). The molecule has 1 aliphatic rings. The fourth-order valence-electron chi connectivity index (χ4n) is 4.22. The number of hydrogen-bond donors (Lipinski definition) is 4. The Balaban J connectivity index is 1.47. The molecule has 1 aliphatic heterocycles. The monoisotopic (exact) mass is 506 g/mol. The quantitative estimate of drug-likeness (QED) is 0.362. The number of benzene rings is 2. The van der Waals surface area contributed by atoms with E-state index in [2.05, 4.69) is 20.9 Å². The minimum Gasteiger partial charge on any atom is -0.507 e. The van der Waals surface area contributed by atoms with Gasteiger partial charge in [-0.25, -0.2) is 4.39 Å². The van der Waals surface area contributed by atoms with Gasteiger partial charge in [-0.2, -0.15) is 0 Å². The summed E-state index contributed by atoms with van der Waals surface area (Å²) >= 11 is 0. The van der Waals surface area contributed by atoms with Gasteiger partial charge in [0.05, 0.1) is 19.2 Å². The summed E-state index contributed by atoms with van der Waals surface area (Å²) in [6, 6.07) is 10.7. The first-order valence-electron chi connectivity index (χ1n) is 11.8. The highest BCUT2D eigenvalue weighted by molar-refractivity contribution is 6.11. The smallest absolute Gasteiger partial charge is 0.251 e. The minimum absolute atomic E-state index is 0.0974. The molecule has 0 radical (unpaired) electrons. The molecule has 2 amide bonds. The van der Waals surface area contributed by atoms with E-state index in [4.69, 9.17) is 4.74 Å². The Morgan fingerprint density at radius 2 is 1.57 bits per heavy atom. The van der Waals surface area contributed by atoms with Crippen LogP contribution < -0.4 is 20.7 Å². The van der Waals surface area contributed by atoms with E-state index >= 15 is 0 Å². The highest BCUT2D eigenvalue weighted by Gasteiger charge is 2.28. The molecule has 192 valence electrons. The van der Waals surface area contributed by atoms with Crippen molar-refractivity contribution in [3.8, 4) is 11.5 Å². The Kier molecular flexibility index (Phi) is 8.09. The fourth-order valence-corrected chi connectivity index (χ4v) is 4.22. The van der Waals surface area contributed by atoms with E-state index in [9.17, 15) is 23.9 Å². The summed E-state index contributed by atoms with van der Waals surface area (Å²) in [6.45, 7) is 1.25. The van der Waals surface area contributed by atoms with Crippen molar-refractivity contribution in [2.75, 3.05) is 20.2 Å². The summed E-state index contributed by atoms with van der Waals surface area (Å²) in [5, 5.41) is 19.3. The van der Waals surface area contributed by atoms with Crippen molar-refractivity contribution in [2.45, 2.75) is 24.9 Å². The van der Waals surface area contributed by atoms with Crippen molar-refractivity contribution in [2.24, 2.45) is 0 Å². The van der Waals surface area contributed by atoms with Crippen molar-refractivity contribution < 1.29 is 28.6 Å². The third-order valence-corrected chi connectivity index (χ3v) is 6.23. The predicted octanol–water partition coefficient (Wildman–Crippen LogP) is 2.45. The van der Waals surface area contributed by atoms with Gasteiger partial charge in [-0.15, -0.1) is 0 Å². The molecule has 1 aromatic heterocycles. The van der Waals surface area contributed by atoms with E-state index in [-0.39, 0.29) is 35.2 Å². The second-order valence-corrected chi connectivity index (χ2v) is 8.62. The Morgan fingerprint density at radius 3 is 2.24 bits per heavy atom. The number of phenols is 1. The van der Waals surface area contributed by atoms with E-state index in [0.717, 1.165) is 13.0 Å². The number of carbonyl (C=O) groups is 3. The first-order valence-corrected chi connectivity index (χ1v) is 11.8. The number of hydrogen-bond acceptors (Lipinski definition) is 7. The van der Waals surface area contributed by atoms with E-state index in [1.165, 1.54) is 55.9 Å². The van der Waals surface area contributed by atoms with Crippen LogP contribution in [-0.4, -0.2) is 60.0 Å². The molecule has 4 N–H and O–H groups in total. The molecule has 3 aromatic rings. The number of carbonyl (C=O) groups excluding carboxylic acids is 3. The van der Waals surface area contributed by atoms with Crippen molar-refractivity contribution in [3.63, 3.8) is 0 Å². The summed E-state index contributed by atoms with van der Waals surface area (Å²) in [4.78, 5) is 42.5. The lowest BCUT2D eigenvalue weighted by molar-refractivity contribution is 0.0882. The zero-order valence-corrected chi connectivity index (χ0v) is 20.2. The number of rotatable bonds is 7. The van der Waals surface area contributed by atoms with Crippen LogP contribution in [-0.2, 0) is 0 Å². The standard InChI is InChI=1S/C27H27FN4O5/c1-37-22-9-8-21(33)23(24(22)28)25(34)16-4-6-17(7-5-16)26(35)31-19-3-2-12-30-15-20(19)32-27(36)18-10-13-29-14-11-18/h4-11,13-14,19-20,30,33H,2-3,12,15H2,1H3,(H,31,35)(H,32,36)/t19-,20-/m0/s1. The van der Waals surface area contributed by atoms with Crippen LogP contribution in [0.15, 0.2) is 60.9 Å². The van der Waals surface area contributed by atoms with Crippen LogP contribution >= 0.6 is 0 Å². The molecule has 0 saturated carbocycles. The van der Waals surface area contributed by atoms with Gasteiger partial charge in [0.1, 0.15) is 11.3 Å². The summed E-state index contributed by atoms with van der Waals surface area (Å²) in [5.74, 6) is -3.01. The zero-order chi connectivity index (χ0) is 26.4. The van der Waals surface area contributed by atoms with Crippen LogP contribution in [0.5, 0.6) is 11.5 Å². The van der Waals surface area contributed by atoms with E-state index < -0.39 is 22.9 Å². The van der Waals surface area contributed by atoms with Gasteiger partial charge >= 0.3 is 0 Å². The van der Waals surface area contributed by atoms with Gasteiger partial charge < -0.3 is 25.8 Å². The van der Waals surface area contributed by atoms with Gasteiger partial charge in [-0.05, 0) is 55.8 Å². The Morgan fingerprint density at radius 1 is 0.946 bits per heavy atom. The van der Waals surface area contributed by atoms with Gasteiger partial charge in [-0.1, -0.05) is 12.1 Å². The second kappa shape index (κ2) is 11.6. The number of methoxy groups -OCH3 is 1. The summed E-state index contributed by atoms with van der Waals surface area (Å²) in [5.41, 5.74) is 0.363. The highest BCUT2D eigenvalue weighted by Crippen LogP contribution is 2.30. The second-order valence-electron chi connectivity index (χ2n) is 8.62. The number of amides is 2. The van der Waals surface area contributed by atoms with Crippen molar-refractivity contribution in [3.05, 3.63) is 89.0 Å². The van der Waals surface area contributed by atoms with Gasteiger partial charge in [0.2, 0.25) is 0 Å². The molecule has 0 spiro atoms. The van der Waals surface area contributed by atoms with Crippen molar-refractivity contribution >= 4 is 17.6 Å². The molecular formula is C27H27FN4O5. The first kappa shape index (κ1) is 25.8. The summed E-state index contributed by atoms with van der Waals surface area (Å²) in [7, 11) is 1.26. The number of ether oxygens (including phenoxy) is 1. The van der Waals surface area contributed by atoms with Crippen LogP contribution in [0.25, 0.3) is 0 Å². The molecule has 9 nitrogen and oxygen atoms in total. The molecule has 2 atom stereocenters. The average Bonchev–Trinajstić information content (AvgIpc) is 3.14. The lowest BCUT2D eigenvalue weighted by atomic mass is 9.99. The largest absolute Gasteiger partial charge is 0.507 e. The van der Waals surface area contributed by atoms with Crippen LogP contribution in [0, 0.1) is 5.82 Å². The third-order valence-electron chi connectivity index (χ3n) is 6.23. The number of phenolic OH excluding ortho intramolecular Hbond substituents is 1. The van der Waals surface area contributed by atoms with Gasteiger partial charge in [0.25, 0.3) is 11.8 Å². The molecule has 1 saturated heterocycles. The molecule has 0 unspecified atom stereocenters. The van der Waals surface area contributed by atoms with Crippen LogP contribution in [0.3, 0.4) is 0 Å². The maximum absolute atomic E-state index is 14.6. The normalized spacial score (nSPS) is 17.4. The maximum Gasteiger partial charge on any atom is 0.251 e. The molecule has 0 aliphatic carbocycles. The number of ketones is 1. The molecule has 1 fully saturated rings. The fraction of sp³-hybridized carbons (Fsp3) is 0.259. The topological polar surface area (TPSA) is 130 Å². The Labute approximate surface area is 213 Å². The number of halogens is 1. The Hall–Kier alpha value is -4.31. The van der Waals surface area contributed by atoms with Gasteiger partial charge in [0, 0.05) is 35.6 Å². The number of aromatic nitrogens is 1. The summed E-state index contributed by atoms with van der Waals surface area (Å²) < 4.78 is 19.5. The number of pyridine rings is 1. The van der Waals surface area contributed by atoms with Crippen LogP contribution in [0.4, 0.5) is 4.39 Å². The molecule has 2 heterocycles. The van der Waals surface area contributed by atoms with E-state index in [0.29, 0.717) is 24.1 Å². The van der Waals surface area contributed by atoms with Gasteiger partial charge in [0.15, 0.2) is 17.3 Å². The predicted molar refractivity (Wildman–Crippen MR) is 133 cm³/mol. The van der Waals surface area contributed by atoms with Crippen molar-refractivity contribution in [1.29, 1.82) is 0 Å². The number of nitrogens with zero attached hydrogens (tertiary/aromatic N) is 1. The molecule has 37 heavy (non-hydrogen) atoms. The molecular weight excluding hydrogens is 479 g/mol. The van der Waals surface area contributed by atoms with E-state index in [1.54, 1.807) is 12.1 Å². The third kappa shape index (κ3) is 5.92. The van der Waals surface area contributed by atoms with E-state index in [1.807, 2.05) is 0 Å². The van der Waals surface area contributed by atoms with Crippen LogP contribution in [0.2, 0.25) is 0 Å². The zero-order valence-electron chi connectivity index (χ0n) is 20.2. The average molecular weight is 507 g/mol. The van der Waals surface area contributed by atoms with Gasteiger partial charge in [-0.3, -0.25) is 19.4 Å². The maximum atomic E-state index is 14.6. The number of nitrogens with one attached hydrogen (secondary N) is 3. The Bertz CT molecular complexity index is 1280. The van der Waals surface area contributed by atoms with Crippen LogP contribution in [0.1, 0.15) is 49.5 Å². The molecule has 0 bridgehead atoms. The first-order chi connectivity index (χ1) is 17.9. The lowest BCUT2D eigenvalue weighted by Gasteiger charge is -2.27. The molecule has 10 heteroatoms. The minimum atomic E-state index is -0.962. The SMILES string of the molecule is COc1ccc(O)c(C(=O)c2ccc(C(=O)N[C@H]3CCCNC[C@@H]3NC(=O)c3ccncc3)cc2)c1F. The summed E-state index contributed by atoms with van der Waals surface area (Å²) in [6.07, 6.45) is 4.55. The van der Waals surface area contributed by atoms with Crippen molar-refractivity contribution in [1.82, 2.24) is 20.9 Å².